The van der Waals surface area contributed by atoms with E-state index in [1.54, 1.807) is 13.8 Å². The molecule has 0 aliphatic rings. The Labute approximate surface area is 143 Å². The third kappa shape index (κ3) is 5.24. The van der Waals surface area contributed by atoms with E-state index >= 15 is 0 Å². The van der Waals surface area contributed by atoms with Crippen LogP contribution in [0.1, 0.15) is 19.4 Å². The van der Waals surface area contributed by atoms with E-state index in [2.05, 4.69) is 10.2 Å². The smallest absolute Gasteiger partial charge is 0.349 e. The van der Waals surface area contributed by atoms with Crippen LogP contribution in [0.4, 0.5) is 4.39 Å². The number of aliphatic hydroxyl groups is 1. The Hall–Kier alpha value is -2.61. The van der Waals surface area contributed by atoms with E-state index in [1.807, 2.05) is 0 Å². The van der Waals surface area contributed by atoms with Crippen molar-refractivity contribution in [3.63, 3.8) is 0 Å². The lowest BCUT2D eigenvalue weighted by Gasteiger charge is -2.08. The van der Waals surface area contributed by atoms with E-state index in [-0.39, 0.29) is 23.8 Å². The van der Waals surface area contributed by atoms with Crippen LogP contribution in [-0.2, 0) is 14.3 Å². The van der Waals surface area contributed by atoms with Crippen molar-refractivity contribution in [2.75, 3.05) is 13.2 Å². The molecular weight excluding hydrogens is 341 g/mol. The number of carbonyl (C=O) groups is 1. The molecule has 0 saturated heterocycles. The van der Waals surface area contributed by atoms with E-state index in [1.165, 1.54) is 18.2 Å². The summed E-state index contributed by atoms with van der Waals surface area (Å²) in [6, 6.07) is 4.11. The molecule has 0 spiro atoms. The minimum atomic E-state index is -0.927. The summed E-state index contributed by atoms with van der Waals surface area (Å²) >= 11 is 5.84. The molecule has 9 heteroatoms. The molecule has 0 heterocycles. The van der Waals surface area contributed by atoms with Gasteiger partial charge in [0.2, 0.25) is 0 Å². The Morgan fingerprint density at radius 3 is 2.62 bits per heavy atom. The molecule has 1 aromatic rings. The van der Waals surface area contributed by atoms with Gasteiger partial charge in [0.1, 0.15) is 5.82 Å². The number of esters is 1. The predicted octanol–water partition coefficient (Wildman–Crippen LogP) is 2.54. The van der Waals surface area contributed by atoms with Crippen LogP contribution < -0.4 is 5.73 Å². The van der Waals surface area contributed by atoms with Crippen molar-refractivity contribution < 1.29 is 23.8 Å². The van der Waals surface area contributed by atoms with Gasteiger partial charge in [0, 0.05) is 5.56 Å². The zero-order chi connectivity index (χ0) is 18.1. The average Bonchev–Trinajstić information content (AvgIpc) is 2.51. The number of benzene rings is 1. The van der Waals surface area contributed by atoms with Crippen molar-refractivity contribution in [1.29, 1.82) is 0 Å². The van der Waals surface area contributed by atoms with E-state index in [0.29, 0.717) is 0 Å². The van der Waals surface area contributed by atoms with Crippen LogP contribution in [0.5, 0.6) is 0 Å². The maximum atomic E-state index is 13.6. The summed E-state index contributed by atoms with van der Waals surface area (Å²) in [4.78, 5) is 11.8. The number of rotatable bonds is 7. The van der Waals surface area contributed by atoms with Crippen LogP contribution in [0, 0.1) is 5.82 Å². The number of aliphatic hydroxyl groups excluding tert-OH is 1. The Bertz CT molecular complexity index is 669. The zero-order valence-electron chi connectivity index (χ0n) is 13.1. The molecule has 0 fully saturated rings. The van der Waals surface area contributed by atoms with Gasteiger partial charge < -0.3 is 20.3 Å². The van der Waals surface area contributed by atoms with Gasteiger partial charge in [-0.1, -0.05) is 17.7 Å². The average molecular weight is 358 g/mol. The Morgan fingerprint density at radius 2 is 2.04 bits per heavy atom. The van der Waals surface area contributed by atoms with Gasteiger partial charge in [0.25, 0.3) is 5.95 Å². The van der Waals surface area contributed by atoms with E-state index < -0.39 is 29.1 Å². The number of hydrogen-bond donors (Lipinski definition) is 2. The predicted molar refractivity (Wildman–Crippen MR) is 88.5 cm³/mol. The number of halogens is 2. The van der Waals surface area contributed by atoms with Crippen LogP contribution in [0.15, 0.2) is 39.9 Å². The summed E-state index contributed by atoms with van der Waals surface area (Å²) in [5.74, 6) is -2.72. The molecular formula is C15H17ClFN3O4. The minimum absolute atomic E-state index is 0.00594. The summed E-state index contributed by atoms with van der Waals surface area (Å²) in [6.45, 7) is 3.34. The Morgan fingerprint density at radius 1 is 1.38 bits per heavy atom. The normalized spacial score (nSPS) is 12.9. The monoisotopic (exact) mass is 357 g/mol. The number of carbonyl (C=O) groups excluding carboxylic acids is 1. The molecule has 3 N–H and O–H groups in total. The summed E-state index contributed by atoms with van der Waals surface area (Å²) < 4.78 is 23.2. The molecule has 0 aromatic heterocycles. The molecule has 0 amide bonds. The molecule has 0 aliphatic carbocycles. The number of hydrogen-bond acceptors (Lipinski definition) is 6. The molecule has 130 valence electrons. The van der Waals surface area contributed by atoms with E-state index in [9.17, 15) is 14.3 Å². The second-order valence-electron chi connectivity index (χ2n) is 4.20. The topological polar surface area (TPSA) is 107 Å². The fourth-order valence-corrected chi connectivity index (χ4v) is 1.76. The second kappa shape index (κ2) is 9.51. The first kappa shape index (κ1) is 19.4. The summed E-state index contributed by atoms with van der Waals surface area (Å²) in [6.07, 6.45) is 1.03. The van der Waals surface area contributed by atoms with E-state index in [0.717, 1.165) is 6.21 Å². The summed E-state index contributed by atoms with van der Waals surface area (Å²) in [5, 5.41) is 17.0. The van der Waals surface area contributed by atoms with Crippen molar-refractivity contribution in [1.82, 2.24) is 0 Å². The number of ether oxygens (including phenoxy) is 2. The van der Waals surface area contributed by atoms with Crippen molar-refractivity contribution in [2.45, 2.75) is 13.8 Å². The third-order valence-corrected chi connectivity index (χ3v) is 2.91. The fraction of sp³-hybridized carbons (Fsp3) is 0.267. The molecule has 1 rings (SSSR count). The first-order chi connectivity index (χ1) is 11.4. The standard InChI is InChI=1S/C15H17ClFN3O4/c1-3-23-14(21)12(15(22)24-4-2)13(18)20-19-8-9-10(16)6-5-7-11(9)17/h5-8,21H,3-4H2,1-2H3,(H2,18,20)/b14-12?,19-8-. The van der Waals surface area contributed by atoms with Gasteiger partial charge in [-0.15, -0.1) is 5.10 Å². The zero-order valence-corrected chi connectivity index (χ0v) is 13.9. The first-order valence-electron chi connectivity index (χ1n) is 6.96. The molecule has 0 atom stereocenters. The van der Waals surface area contributed by atoms with Crippen LogP contribution in [0.3, 0.4) is 0 Å². The largest absolute Gasteiger partial charge is 0.480 e. The molecule has 24 heavy (non-hydrogen) atoms. The van der Waals surface area contributed by atoms with Crippen LogP contribution >= 0.6 is 11.6 Å². The van der Waals surface area contributed by atoms with Crippen LogP contribution in [-0.4, -0.2) is 36.3 Å². The third-order valence-electron chi connectivity index (χ3n) is 2.58. The van der Waals surface area contributed by atoms with Crippen LogP contribution in [0.2, 0.25) is 5.02 Å². The molecule has 0 aliphatic heterocycles. The Kier molecular flexibility index (Phi) is 7.70. The van der Waals surface area contributed by atoms with Crippen molar-refractivity contribution in [2.24, 2.45) is 15.9 Å². The van der Waals surface area contributed by atoms with Gasteiger partial charge >= 0.3 is 5.97 Å². The summed E-state index contributed by atoms with van der Waals surface area (Å²) in [7, 11) is 0. The van der Waals surface area contributed by atoms with Crippen molar-refractivity contribution in [3.05, 3.63) is 46.1 Å². The quantitative estimate of drug-likeness (QED) is 0.195. The fourth-order valence-electron chi connectivity index (χ4n) is 1.55. The van der Waals surface area contributed by atoms with Gasteiger partial charge in [-0.3, -0.25) is 0 Å². The van der Waals surface area contributed by atoms with Gasteiger partial charge in [-0.25, -0.2) is 9.18 Å². The summed E-state index contributed by atoms with van der Waals surface area (Å²) in [5.41, 5.74) is 5.16. The lowest BCUT2D eigenvalue weighted by molar-refractivity contribution is -0.138. The first-order valence-corrected chi connectivity index (χ1v) is 7.34. The SMILES string of the molecule is CCOC(=O)C(C(N)=N/N=C\c1c(F)cccc1Cl)=C(O)OCC. The minimum Gasteiger partial charge on any atom is -0.480 e. The molecule has 1 aromatic carbocycles. The maximum Gasteiger partial charge on any atom is 0.349 e. The van der Waals surface area contributed by atoms with Gasteiger partial charge in [-0.05, 0) is 26.0 Å². The number of amidine groups is 1. The van der Waals surface area contributed by atoms with Gasteiger partial charge in [0.15, 0.2) is 11.4 Å². The van der Waals surface area contributed by atoms with Crippen molar-refractivity contribution in [3.8, 4) is 0 Å². The number of nitrogens with zero attached hydrogens (tertiary/aromatic N) is 2. The van der Waals surface area contributed by atoms with Crippen molar-refractivity contribution >= 4 is 29.6 Å². The van der Waals surface area contributed by atoms with Gasteiger partial charge in [0.05, 0.1) is 24.5 Å². The molecule has 0 radical (unpaired) electrons. The highest BCUT2D eigenvalue weighted by Crippen LogP contribution is 2.16. The molecule has 7 nitrogen and oxygen atoms in total. The highest BCUT2D eigenvalue weighted by molar-refractivity contribution is 6.33. The lowest BCUT2D eigenvalue weighted by Crippen LogP contribution is -2.25. The molecule has 0 unspecified atom stereocenters. The highest BCUT2D eigenvalue weighted by Gasteiger charge is 2.22. The van der Waals surface area contributed by atoms with E-state index in [4.69, 9.17) is 26.8 Å². The number of nitrogens with two attached hydrogens (primary N) is 1. The second-order valence-corrected chi connectivity index (χ2v) is 4.61. The maximum absolute atomic E-state index is 13.6. The van der Waals surface area contributed by atoms with Crippen LogP contribution in [0.25, 0.3) is 0 Å². The highest BCUT2D eigenvalue weighted by atomic mass is 35.5. The Balaban J connectivity index is 3.12. The molecule has 0 bridgehead atoms. The lowest BCUT2D eigenvalue weighted by atomic mass is 10.2. The molecule has 0 saturated carbocycles. The van der Waals surface area contributed by atoms with Gasteiger partial charge in [-0.2, -0.15) is 5.10 Å².